The lowest BCUT2D eigenvalue weighted by Crippen LogP contribution is -2.42. The lowest BCUT2D eigenvalue weighted by molar-refractivity contribution is -0.142. The van der Waals surface area contributed by atoms with E-state index < -0.39 is 12.1 Å². The summed E-state index contributed by atoms with van der Waals surface area (Å²) in [7, 11) is 0. The highest BCUT2D eigenvalue weighted by Crippen LogP contribution is 2.01. The molecule has 1 aromatic rings. The number of rotatable bonds is 3. The van der Waals surface area contributed by atoms with E-state index in [0.717, 1.165) is 0 Å². The average Bonchev–Trinajstić information content (AvgIpc) is 2.78. The summed E-state index contributed by atoms with van der Waals surface area (Å²) in [4.78, 5) is 31.5. The van der Waals surface area contributed by atoms with Gasteiger partial charge in [-0.1, -0.05) is 6.58 Å². The molecule has 0 atom stereocenters. The molecular weight excluding hydrogens is 226 g/mol. The standard InChI is InChI=1S/C10H13N3O4/c1-4-16-10(15)13(12-6-5-11-7-12)17-9(14)8(2)3/h5-7H,2,4H2,1,3H3. The predicted octanol–water partition coefficient (Wildman–Crippen LogP) is 1.01. The van der Waals surface area contributed by atoms with Crippen LogP contribution in [0.5, 0.6) is 0 Å². The van der Waals surface area contributed by atoms with Gasteiger partial charge in [-0.15, -0.1) is 0 Å². The van der Waals surface area contributed by atoms with Crippen molar-refractivity contribution < 1.29 is 19.2 Å². The first-order valence-corrected chi connectivity index (χ1v) is 4.89. The Kier molecular flexibility index (Phi) is 4.27. The number of carbonyl (C=O) groups excluding carboxylic acids is 2. The van der Waals surface area contributed by atoms with Gasteiger partial charge in [0.2, 0.25) is 0 Å². The fourth-order valence-electron chi connectivity index (χ4n) is 0.873. The molecule has 17 heavy (non-hydrogen) atoms. The summed E-state index contributed by atoms with van der Waals surface area (Å²) in [6.45, 7) is 6.69. The van der Waals surface area contributed by atoms with Crippen molar-refractivity contribution in [2.45, 2.75) is 13.8 Å². The highest BCUT2D eigenvalue weighted by atomic mass is 16.8. The van der Waals surface area contributed by atoms with Gasteiger partial charge in [0.05, 0.1) is 12.8 Å². The average molecular weight is 239 g/mol. The minimum atomic E-state index is -0.819. The molecule has 0 saturated heterocycles. The fraction of sp³-hybridized carbons (Fsp3) is 0.300. The van der Waals surface area contributed by atoms with Gasteiger partial charge in [0.1, 0.15) is 6.33 Å². The van der Waals surface area contributed by atoms with E-state index in [-0.39, 0.29) is 12.2 Å². The van der Waals surface area contributed by atoms with Gasteiger partial charge in [-0.25, -0.2) is 19.2 Å². The maximum atomic E-state index is 11.5. The van der Waals surface area contributed by atoms with Crippen LogP contribution in [-0.4, -0.2) is 28.3 Å². The monoisotopic (exact) mass is 239 g/mol. The molecule has 0 aliphatic carbocycles. The largest absolute Gasteiger partial charge is 0.464 e. The van der Waals surface area contributed by atoms with Crippen LogP contribution in [0.4, 0.5) is 4.79 Å². The molecule has 0 saturated carbocycles. The van der Waals surface area contributed by atoms with Gasteiger partial charge in [0.25, 0.3) is 0 Å². The number of carbonyl (C=O) groups is 2. The van der Waals surface area contributed by atoms with E-state index >= 15 is 0 Å². The minimum absolute atomic E-state index is 0.161. The van der Waals surface area contributed by atoms with E-state index in [1.54, 1.807) is 6.92 Å². The molecule has 0 fully saturated rings. The highest BCUT2D eigenvalue weighted by Gasteiger charge is 2.22. The van der Waals surface area contributed by atoms with Crippen LogP contribution < -0.4 is 5.17 Å². The van der Waals surface area contributed by atoms with Crippen LogP contribution >= 0.6 is 0 Å². The summed E-state index contributed by atoms with van der Waals surface area (Å²) in [5, 5.41) is 0.660. The van der Waals surface area contributed by atoms with Gasteiger partial charge in [-0.05, 0) is 19.0 Å². The molecule has 92 valence electrons. The summed E-state index contributed by atoms with van der Waals surface area (Å²) >= 11 is 0. The van der Waals surface area contributed by atoms with Crippen molar-refractivity contribution in [3.8, 4) is 0 Å². The van der Waals surface area contributed by atoms with Gasteiger partial charge in [-0.3, -0.25) is 0 Å². The van der Waals surface area contributed by atoms with Crippen LogP contribution in [0.1, 0.15) is 13.8 Å². The topological polar surface area (TPSA) is 73.7 Å². The number of ether oxygens (including phenoxy) is 1. The highest BCUT2D eigenvalue weighted by molar-refractivity contribution is 5.89. The van der Waals surface area contributed by atoms with Crippen molar-refractivity contribution in [1.29, 1.82) is 0 Å². The number of aromatic nitrogens is 2. The third-order valence-corrected chi connectivity index (χ3v) is 1.64. The molecule has 1 rings (SSSR count). The zero-order valence-electron chi connectivity index (χ0n) is 9.62. The zero-order valence-corrected chi connectivity index (χ0v) is 9.62. The molecule has 7 heteroatoms. The normalized spacial score (nSPS) is 9.53. The molecular formula is C10H13N3O4. The summed E-state index contributed by atoms with van der Waals surface area (Å²) < 4.78 is 5.92. The van der Waals surface area contributed by atoms with E-state index in [1.807, 2.05) is 0 Å². The summed E-state index contributed by atoms with van der Waals surface area (Å²) in [5.41, 5.74) is 0.166. The fourth-order valence-corrected chi connectivity index (χ4v) is 0.873. The molecule has 1 heterocycles. The first-order valence-electron chi connectivity index (χ1n) is 4.89. The smallest absolute Gasteiger partial charge is 0.446 e. The van der Waals surface area contributed by atoms with Crippen LogP contribution in [0, 0.1) is 0 Å². The van der Waals surface area contributed by atoms with Crippen molar-refractivity contribution in [2.24, 2.45) is 0 Å². The van der Waals surface area contributed by atoms with E-state index in [2.05, 4.69) is 11.6 Å². The van der Waals surface area contributed by atoms with Crippen LogP contribution in [0.15, 0.2) is 30.9 Å². The second-order valence-electron chi connectivity index (χ2n) is 3.07. The number of hydrogen-bond acceptors (Lipinski definition) is 5. The number of hydroxylamine groups is 1. The van der Waals surface area contributed by atoms with Crippen LogP contribution in [0.2, 0.25) is 0 Å². The first-order chi connectivity index (χ1) is 8.06. The molecule has 0 radical (unpaired) electrons. The van der Waals surface area contributed by atoms with Gasteiger partial charge in [0, 0.05) is 11.8 Å². The number of nitrogens with zero attached hydrogens (tertiary/aromatic N) is 3. The third-order valence-electron chi connectivity index (χ3n) is 1.64. The molecule has 0 bridgehead atoms. The second-order valence-corrected chi connectivity index (χ2v) is 3.07. The van der Waals surface area contributed by atoms with Gasteiger partial charge >= 0.3 is 12.1 Å². The second kappa shape index (κ2) is 5.69. The Hall–Kier alpha value is -2.31. The molecule has 0 aromatic carbocycles. The lowest BCUT2D eigenvalue weighted by atomic mass is 10.4. The number of hydrogen-bond donors (Lipinski definition) is 0. The van der Waals surface area contributed by atoms with Crippen molar-refractivity contribution in [1.82, 2.24) is 9.66 Å². The Labute approximate surface area is 98.2 Å². The summed E-state index contributed by atoms with van der Waals surface area (Å²) in [6, 6.07) is 0. The molecule has 0 N–H and O–H groups in total. The maximum absolute atomic E-state index is 11.5. The molecule has 0 aliphatic heterocycles. The Morgan fingerprint density at radius 1 is 1.53 bits per heavy atom. The van der Waals surface area contributed by atoms with E-state index in [4.69, 9.17) is 9.57 Å². The van der Waals surface area contributed by atoms with Crippen molar-refractivity contribution >= 4 is 12.1 Å². The predicted molar refractivity (Wildman–Crippen MR) is 58.4 cm³/mol. The van der Waals surface area contributed by atoms with Crippen molar-refractivity contribution in [3.63, 3.8) is 0 Å². The number of amides is 1. The molecule has 1 amide bonds. The minimum Gasteiger partial charge on any atom is -0.446 e. The summed E-state index contributed by atoms with van der Waals surface area (Å²) in [6.07, 6.45) is 3.34. The van der Waals surface area contributed by atoms with Gasteiger partial charge < -0.3 is 9.57 Å². The Morgan fingerprint density at radius 3 is 2.71 bits per heavy atom. The first kappa shape index (κ1) is 12.8. The third kappa shape index (κ3) is 3.33. The van der Waals surface area contributed by atoms with Gasteiger partial charge in [-0.2, -0.15) is 0 Å². The molecule has 0 spiro atoms. The molecule has 0 aliphatic rings. The van der Waals surface area contributed by atoms with Crippen LogP contribution in [-0.2, 0) is 14.4 Å². The number of imidazole rings is 1. The molecule has 1 aromatic heterocycles. The molecule has 0 unspecified atom stereocenters. The van der Waals surface area contributed by atoms with Crippen molar-refractivity contribution in [3.05, 3.63) is 30.9 Å². The summed E-state index contributed by atoms with van der Waals surface area (Å²) in [5.74, 6) is -0.730. The lowest BCUT2D eigenvalue weighted by Gasteiger charge is -2.19. The molecule has 7 nitrogen and oxygen atoms in total. The van der Waals surface area contributed by atoms with E-state index in [0.29, 0.717) is 5.17 Å². The van der Waals surface area contributed by atoms with E-state index in [9.17, 15) is 9.59 Å². The van der Waals surface area contributed by atoms with Crippen LogP contribution in [0.3, 0.4) is 0 Å². The Balaban J connectivity index is 2.84. The van der Waals surface area contributed by atoms with Gasteiger partial charge in [0.15, 0.2) is 0 Å². The van der Waals surface area contributed by atoms with Crippen LogP contribution in [0.25, 0.3) is 0 Å². The Bertz CT molecular complexity index is 413. The Morgan fingerprint density at radius 2 is 2.24 bits per heavy atom. The SMILES string of the molecule is C=C(C)C(=O)ON(C(=O)OCC)n1ccnc1. The van der Waals surface area contributed by atoms with E-state index in [1.165, 1.54) is 30.3 Å². The zero-order chi connectivity index (χ0) is 12.8. The maximum Gasteiger partial charge on any atom is 0.464 e. The quantitative estimate of drug-likeness (QED) is 0.581. The van der Waals surface area contributed by atoms with Crippen molar-refractivity contribution in [2.75, 3.05) is 11.8 Å².